The molecule has 1 aliphatic rings. The summed E-state index contributed by atoms with van der Waals surface area (Å²) in [4.78, 5) is 49.7. The topological polar surface area (TPSA) is 102 Å². The number of para-hydroxylation sites is 1. The van der Waals surface area contributed by atoms with E-state index in [1.54, 1.807) is 24.3 Å². The Kier molecular flexibility index (Phi) is 8.31. The van der Waals surface area contributed by atoms with E-state index < -0.39 is 30.4 Å². The molecule has 0 aliphatic carbocycles. The SMILES string of the molecule is COc1ccccc1C(=O)N[C@H](CCSC)C(=O)OCC(=O)N1CCCC1=O. The standard InChI is InChI=1S/C19H24N2O6S/c1-26-15-7-4-3-6-13(15)18(24)20-14(9-11-28-2)19(25)27-12-17(23)21-10-5-8-16(21)22/h3-4,6-7,14H,5,8-12H2,1-2H3,(H,20,24)/t14-/m1/s1. The van der Waals surface area contributed by atoms with Crippen LogP contribution in [0.5, 0.6) is 5.75 Å². The summed E-state index contributed by atoms with van der Waals surface area (Å²) in [5, 5.41) is 2.65. The second-order valence-corrected chi connectivity index (χ2v) is 7.14. The third-order valence-electron chi connectivity index (χ3n) is 4.26. The van der Waals surface area contributed by atoms with Crippen molar-refractivity contribution in [2.75, 3.05) is 32.3 Å². The predicted octanol–water partition coefficient (Wildman–Crippen LogP) is 1.24. The van der Waals surface area contributed by atoms with E-state index in [4.69, 9.17) is 9.47 Å². The Bertz CT molecular complexity index is 739. The molecule has 1 atom stereocenters. The third-order valence-corrected chi connectivity index (χ3v) is 4.91. The Morgan fingerprint density at radius 2 is 2.04 bits per heavy atom. The number of esters is 1. The predicted molar refractivity (Wildman–Crippen MR) is 104 cm³/mol. The Balaban J connectivity index is 1.99. The Hall–Kier alpha value is -2.55. The summed E-state index contributed by atoms with van der Waals surface area (Å²) >= 11 is 1.52. The fourth-order valence-electron chi connectivity index (χ4n) is 2.78. The first-order valence-corrected chi connectivity index (χ1v) is 10.3. The van der Waals surface area contributed by atoms with Gasteiger partial charge in [-0.2, -0.15) is 11.8 Å². The fourth-order valence-corrected chi connectivity index (χ4v) is 3.25. The van der Waals surface area contributed by atoms with Crippen molar-refractivity contribution in [2.45, 2.75) is 25.3 Å². The minimum atomic E-state index is -0.910. The number of carbonyl (C=O) groups excluding carboxylic acids is 4. The van der Waals surface area contributed by atoms with E-state index in [9.17, 15) is 19.2 Å². The van der Waals surface area contributed by atoms with Gasteiger partial charge < -0.3 is 14.8 Å². The zero-order valence-corrected chi connectivity index (χ0v) is 16.8. The van der Waals surface area contributed by atoms with Crippen LogP contribution in [0.15, 0.2) is 24.3 Å². The monoisotopic (exact) mass is 408 g/mol. The molecule has 1 aromatic rings. The van der Waals surface area contributed by atoms with Gasteiger partial charge in [0.2, 0.25) is 5.91 Å². The highest BCUT2D eigenvalue weighted by Crippen LogP contribution is 2.17. The van der Waals surface area contributed by atoms with Crippen LogP contribution in [0.3, 0.4) is 0 Å². The Morgan fingerprint density at radius 3 is 2.68 bits per heavy atom. The number of hydrogen-bond acceptors (Lipinski definition) is 7. The summed E-state index contributed by atoms with van der Waals surface area (Å²) in [7, 11) is 1.46. The molecule has 0 bridgehead atoms. The third kappa shape index (κ3) is 5.72. The summed E-state index contributed by atoms with van der Waals surface area (Å²) in [5.74, 6) is -0.983. The van der Waals surface area contributed by atoms with Crippen molar-refractivity contribution in [1.29, 1.82) is 0 Å². The van der Waals surface area contributed by atoms with Gasteiger partial charge in [0.25, 0.3) is 11.8 Å². The van der Waals surface area contributed by atoms with Crippen LogP contribution in [0, 0.1) is 0 Å². The minimum absolute atomic E-state index is 0.260. The van der Waals surface area contributed by atoms with Crippen LogP contribution in [-0.2, 0) is 19.1 Å². The van der Waals surface area contributed by atoms with E-state index in [0.717, 1.165) is 4.90 Å². The second kappa shape index (κ2) is 10.7. The highest BCUT2D eigenvalue weighted by molar-refractivity contribution is 7.98. The van der Waals surface area contributed by atoms with Gasteiger partial charge in [-0.1, -0.05) is 12.1 Å². The number of nitrogens with zero attached hydrogens (tertiary/aromatic N) is 1. The molecule has 1 fully saturated rings. The lowest BCUT2D eigenvalue weighted by Gasteiger charge is -2.19. The zero-order chi connectivity index (χ0) is 20.5. The van der Waals surface area contributed by atoms with Crippen molar-refractivity contribution in [1.82, 2.24) is 10.2 Å². The number of nitrogens with one attached hydrogen (secondary N) is 1. The average molecular weight is 408 g/mol. The minimum Gasteiger partial charge on any atom is -0.496 e. The number of amides is 3. The molecular formula is C19H24N2O6S. The summed E-state index contributed by atoms with van der Waals surface area (Å²) < 4.78 is 10.3. The molecule has 1 aliphatic heterocycles. The van der Waals surface area contributed by atoms with Crippen molar-refractivity contribution >= 4 is 35.5 Å². The van der Waals surface area contributed by atoms with Crippen LogP contribution in [0.2, 0.25) is 0 Å². The molecule has 0 spiro atoms. The van der Waals surface area contributed by atoms with Crippen molar-refractivity contribution in [2.24, 2.45) is 0 Å². The van der Waals surface area contributed by atoms with E-state index in [0.29, 0.717) is 42.9 Å². The summed E-state index contributed by atoms with van der Waals surface area (Å²) in [5.41, 5.74) is 0.297. The summed E-state index contributed by atoms with van der Waals surface area (Å²) in [6.45, 7) is -0.180. The van der Waals surface area contributed by atoms with E-state index in [-0.39, 0.29) is 5.91 Å². The second-order valence-electron chi connectivity index (χ2n) is 6.16. The largest absolute Gasteiger partial charge is 0.496 e. The molecule has 152 valence electrons. The molecule has 1 aromatic carbocycles. The normalized spacial score (nSPS) is 14.5. The molecule has 0 aromatic heterocycles. The number of thioether (sulfide) groups is 1. The Morgan fingerprint density at radius 1 is 1.29 bits per heavy atom. The molecule has 1 saturated heterocycles. The lowest BCUT2D eigenvalue weighted by molar-refractivity contribution is -0.156. The van der Waals surface area contributed by atoms with Crippen LogP contribution in [0.1, 0.15) is 29.6 Å². The maximum atomic E-state index is 12.6. The molecule has 1 N–H and O–H groups in total. The van der Waals surface area contributed by atoms with Crippen molar-refractivity contribution in [3.63, 3.8) is 0 Å². The maximum Gasteiger partial charge on any atom is 0.329 e. The number of methoxy groups -OCH3 is 1. The first-order valence-electron chi connectivity index (χ1n) is 8.90. The number of benzene rings is 1. The van der Waals surface area contributed by atoms with Crippen LogP contribution < -0.4 is 10.1 Å². The van der Waals surface area contributed by atoms with Crippen molar-refractivity contribution < 1.29 is 28.7 Å². The first-order chi connectivity index (χ1) is 13.5. The van der Waals surface area contributed by atoms with Crippen molar-refractivity contribution in [3.8, 4) is 5.75 Å². The molecular weight excluding hydrogens is 384 g/mol. The lowest BCUT2D eigenvalue weighted by Crippen LogP contribution is -2.44. The molecule has 8 nitrogen and oxygen atoms in total. The summed E-state index contributed by atoms with van der Waals surface area (Å²) in [6.07, 6.45) is 3.17. The maximum absolute atomic E-state index is 12.6. The van der Waals surface area contributed by atoms with Gasteiger partial charge in [-0.3, -0.25) is 19.3 Å². The zero-order valence-electron chi connectivity index (χ0n) is 15.9. The number of rotatable bonds is 9. The fraction of sp³-hybridized carbons (Fsp3) is 0.474. The molecule has 0 unspecified atom stereocenters. The molecule has 28 heavy (non-hydrogen) atoms. The smallest absolute Gasteiger partial charge is 0.329 e. The van der Waals surface area contributed by atoms with Gasteiger partial charge in [0.15, 0.2) is 6.61 Å². The van der Waals surface area contributed by atoms with E-state index in [2.05, 4.69) is 5.32 Å². The first kappa shape index (κ1) is 21.7. The van der Waals surface area contributed by atoms with Gasteiger partial charge in [0.05, 0.1) is 12.7 Å². The van der Waals surface area contributed by atoms with E-state index in [1.165, 1.54) is 18.9 Å². The number of likely N-dealkylation sites (tertiary alicyclic amines) is 1. The van der Waals surface area contributed by atoms with Gasteiger partial charge >= 0.3 is 5.97 Å². The summed E-state index contributed by atoms with van der Waals surface area (Å²) in [6, 6.07) is 5.76. The van der Waals surface area contributed by atoms with Gasteiger partial charge in [0, 0.05) is 13.0 Å². The molecule has 0 radical (unpaired) electrons. The molecule has 2 rings (SSSR count). The number of imide groups is 1. The van der Waals surface area contributed by atoms with E-state index in [1.807, 2.05) is 6.26 Å². The number of hydrogen-bond donors (Lipinski definition) is 1. The highest BCUT2D eigenvalue weighted by atomic mass is 32.2. The van der Waals surface area contributed by atoms with E-state index >= 15 is 0 Å². The van der Waals surface area contributed by atoms with Gasteiger partial charge in [-0.25, -0.2) is 4.79 Å². The number of ether oxygens (including phenoxy) is 2. The highest BCUT2D eigenvalue weighted by Gasteiger charge is 2.29. The van der Waals surface area contributed by atoms with Crippen LogP contribution in [0.25, 0.3) is 0 Å². The van der Waals surface area contributed by atoms with Gasteiger partial charge in [-0.15, -0.1) is 0 Å². The molecule has 1 heterocycles. The van der Waals surface area contributed by atoms with Crippen LogP contribution in [0.4, 0.5) is 0 Å². The lowest BCUT2D eigenvalue weighted by atomic mass is 10.1. The Labute approximate surface area is 167 Å². The van der Waals surface area contributed by atoms with Crippen LogP contribution >= 0.6 is 11.8 Å². The van der Waals surface area contributed by atoms with Crippen molar-refractivity contribution in [3.05, 3.63) is 29.8 Å². The quantitative estimate of drug-likeness (QED) is 0.613. The molecule has 9 heteroatoms. The molecule has 0 saturated carbocycles. The van der Waals surface area contributed by atoms with Gasteiger partial charge in [-0.05, 0) is 37.0 Å². The molecule has 3 amide bonds. The number of carbonyl (C=O) groups is 4. The van der Waals surface area contributed by atoms with Gasteiger partial charge in [0.1, 0.15) is 11.8 Å². The van der Waals surface area contributed by atoms with Crippen LogP contribution in [-0.4, -0.2) is 66.9 Å². The average Bonchev–Trinajstić information content (AvgIpc) is 3.14.